The number of pyridine rings is 1. The van der Waals surface area contributed by atoms with Crippen molar-refractivity contribution in [1.29, 1.82) is 0 Å². The number of likely N-dealkylation sites (tertiary alicyclic amines) is 1. The fourth-order valence-electron chi connectivity index (χ4n) is 3.67. The van der Waals surface area contributed by atoms with Gasteiger partial charge in [-0.25, -0.2) is 9.97 Å². The summed E-state index contributed by atoms with van der Waals surface area (Å²) in [5, 5.41) is 1.06. The minimum atomic E-state index is 0.0186. The lowest BCUT2D eigenvalue weighted by Gasteiger charge is -2.32. The highest BCUT2D eigenvalue weighted by molar-refractivity contribution is 5.95. The molecule has 1 aliphatic heterocycles. The average molecular weight is 334 g/mol. The molecule has 5 heteroatoms. The Morgan fingerprint density at radius 2 is 2.12 bits per heavy atom. The van der Waals surface area contributed by atoms with E-state index < -0.39 is 0 Å². The van der Waals surface area contributed by atoms with Crippen LogP contribution in [0.4, 0.5) is 0 Å². The summed E-state index contributed by atoms with van der Waals surface area (Å²) in [5.74, 6) is 1.41. The van der Waals surface area contributed by atoms with Gasteiger partial charge in [-0.3, -0.25) is 4.79 Å². The second-order valence-corrected chi connectivity index (χ2v) is 6.55. The molecule has 0 radical (unpaired) electrons. The molecule has 0 N–H and O–H groups in total. The normalized spacial score (nSPS) is 17.8. The first-order valence-corrected chi connectivity index (χ1v) is 8.92. The number of amides is 1. The van der Waals surface area contributed by atoms with Crippen LogP contribution >= 0.6 is 0 Å². The Morgan fingerprint density at radius 1 is 1.24 bits per heavy atom. The number of rotatable bonds is 3. The van der Waals surface area contributed by atoms with Crippen LogP contribution in [0.2, 0.25) is 0 Å². The van der Waals surface area contributed by atoms with Crippen molar-refractivity contribution < 1.29 is 4.79 Å². The Morgan fingerprint density at radius 3 is 3.00 bits per heavy atom. The Bertz CT molecular complexity index is 901. The summed E-state index contributed by atoms with van der Waals surface area (Å²) in [4.78, 5) is 24.0. The number of aromatic nitrogens is 3. The van der Waals surface area contributed by atoms with Crippen LogP contribution < -0.4 is 0 Å². The average Bonchev–Trinajstić information content (AvgIpc) is 3.16. The molecule has 3 aromatic rings. The molecule has 25 heavy (non-hydrogen) atoms. The van der Waals surface area contributed by atoms with Crippen molar-refractivity contribution in [1.82, 2.24) is 19.4 Å². The number of hydrogen-bond acceptors (Lipinski definition) is 3. The SMILES string of the molecule is CCn1ccnc1[C@H]1CCCN(C(=O)c2ccc3ccccc3n2)C1. The summed E-state index contributed by atoms with van der Waals surface area (Å²) in [6.07, 6.45) is 5.94. The Labute approximate surface area is 147 Å². The summed E-state index contributed by atoms with van der Waals surface area (Å²) in [7, 11) is 0. The number of piperidine rings is 1. The smallest absolute Gasteiger partial charge is 0.272 e. The van der Waals surface area contributed by atoms with E-state index in [4.69, 9.17) is 0 Å². The van der Waals surface area contributed by atoms with E-state index in [1.54, 1.807) is 0 Å². The molecule has 128 valence electrons. The number of imidazole rings is 1. The van der Waals surface area contributed by atoms with Crippen LogP contribution in [-0.4, -0.2) is 38.4 Å². The number of hydrogen-bond donors (Lipinski definition) is 0. The van der Waals surface area contributed by atoms with Crippen molar-refractivity contribution in [3.05, 3.63) is 60.3 Å². The summed E-state index contributed by atoms with van der Waals surface area (Å²) in [5.41, 5.74) is 1.39. The highest BCUT2D eigenvalue weighted by Gasteiger charge is 2.28. The highest BCUT2D eigenvalue weighted by atomic mass is 16.2. The fraction of sp³-hybridized carbons (Fsp3) is 0.350. The number of carbonyl (C=O) groups excluding carboxylic acids is 1. The van der Waals surface area contributed by atoms with Gasteiger partial charge in [0.05, 0.1) is 5.52 Å². The molecule has 1 aliphatic rings. The van der Waals surface area contributed by atoms with Crippen LogP contribution in [0.25, 0.3) is 10.9 Å². The molecule has 1 fully saturated rings. The molecule has 0 bridgehead atoms. The summed E-state index contributed by atoms with van der Waals surface area (Å²) in [6, 6.07) is 11.7. The number of nitrogens with zero attached hydrogens (tertiary/aromatic N) is 4. The van der Waals surface area contributed by atoms with E-state index in [1.165, 1.54) is 0 Å². The van der Waals surface area contributed by atoms with Crippen LogP contribution in [0.15, 0.2) is 48.8 Å². The topological polar surface area (TPSA) is 51.0 Å². The number of carbonyl (C=O) groups is 1. The van der Waals surface area contributed by atoms with Gasteiger partial charge in [0.2, 0.25) is 0 Å². The minimum Gasteiger partial charge on any atom is -0.337 e. The van der Waals surface area contributed by atoms with Gasteiger partial charge in [-0.2, -0.15) is 0 Å². The number of para-hydroxylation sites is 1. The lowest BCUT2D eigenvalue weighted by molar-refractivity contribution is 0.0698. The molecule has 0 spiro atoms. The monoisotopic (exact) mass is 334 g/mol. The molecule has 3 heterocycles. The maximum atomic E-state index is 12.9. The van der Waals surface area contributed by atoms with Crippen LogP contribution in [0.5, 0.6) is 0 Å². The highest BCUT2D eigenvalue weighted by Crippen LogP contribution is 2.27. The molecule has 2 aromatic heterocycles. The van der Waals surface area contributed by atoms with E-state index >= 15 is 0 Å². The van der Waals surface area contributed by atoms with Gasteiger partial charge in [-0.05, 0) is 31.9 Å². The quantitative estimate of drug-likeness (QED) is 0.737. The van der Waals surface area contributed by atoms with Crippen LogP contribution in [0, 0.1) is 0 Å². The molecular formula is C20H22N4O. The second kappa shape index (κ2) is 6.67. The first kappa shape index (κ1) is 15.8. The predicted molar refractivity (Wildman–Crippen MR) is 97.5 cm³/mol. The number of fused-ring (bicyclic) bond motifs is 1. The Kier molecular flexibility index (Phi) is 4.22. The summed E-state index contributed by atoms with van der Waals surface area (Å²) in [6.45, 7) is 4.53. The zero-order valence-electron chi connectivity index (χ0n) is 14.4. The van der Waals surface area contributed by atoms with Gasteiger partial charge >= 0.3 is 0 Å². The zero-order valence-corrected chi connectivity index (χ0v) is 14.4. The van der Waals surface area contributed by atoms with Gasteiger partial charge in [-0.1, -0.05) is 24.3 Å². The summed E-state index contributed by atoms with van der Waals surface area (Å²) < 4.78 is 2.17. The molecule has 0 aliphatic carbocycles. The second-order valence-electron chi connectivity index (χ2n) is 6.55. The lowest BCUT2D eigenvalue weighted by Crippen LogP contribution is -2.40. The third kappa shape index (κ3) is 3.02. The van der Waals surface area contributed by atoms with Gasteiger partial charge < -0.3 is 9.47 Å². The first-order chi connectivity index (χ1) is 12.3. The third-order valence-corrected chi connectivity index (χ3v) is 4.98. The Balaban J connectivity index is 1.56. The van der Waals surface area contributed by atoms with Crippen molar-refractivity contribution in [3.8, 4) is 0 Å². The van der Waals surface area contributed by atoms with Crippen LogP contribution in [0.3, 0.4) is 0 Å². The van der Waals surface area contributed by atoms with Crippen molar-refractivity contribution in [2.45, 2.75) is 32.2 Å². The minimum absolute atomic E-state index is 0.0186. The standard InChI is InChI=1S/C20H22N4O/c1-2-23-13-11-21-19(23)16-7-5-12-24(14-16)20(25)18-10-9-15-6-3-4-8-17(15)22-18/h3-4,6,8-11,13,16H,2,5,7,12,14H2,1H3/t16-/m0/s1. The van der Waals surface area contributed by atoms with E-state index in [1.807, 2.05) is 53.7 Å². The molecule has 0 saturated carbocycles. The van der Waals surface area contributed by atoms with Crippen molar-refractivity contribution in [2.75, 3.05) is 13.1 Å². The lowest BCUT2D eigenvalue weighted by atomic mass is 9.96. The number of benzene rings is 1. The summed E-state index contributed by atoms with van der Waals surface area (Å²) >= 11 is 0. The van der Waals surface area contributed by atoms with Crippen LogP contribution in [-0.2, 0) is 6.54 Å². The molecule has 5 nitrogen and oxygen atoms in total. The van der Waals surface area contributed by atoms with Gasteiger partial charge in [0.1, 0.15) is 11.5 Å². The largest absolute Gasteiger partial charge is 0.337 e. The maximum absolute atomic E-state index is 12.9. The number of aryl methyl sites for hydroxylation is 1. The van der Waals surface area contributed by atoms with Crippen molar-refractivity contribution in [3.63, 3.8) is 0 Å². The Hall–Kier alpha value is -2.69. The first-order valence-electron chi connectivity index (χ1n) is 8.92. The molecular weight excluding hydrogens is 312 g/mol. The third-order valence-electron chi connectivity index (χ3n) is 4.98. The molecule has 4 rings (SSSR count). The fourth-order valence-corrected chi connectivity index (χ4v) is 3.67. The van der Waals surface area contributed by atoms with Crippen molar-refractivity contribution in [2.24, 2.45) is 0 Å². The van der Waals surface area contributed by atoms with Gasteiger partial charge in [-0.15, -0.1) is 0 Å². The van der Waals surface area contributed by atoms with Crippen LogP contribution in [0.1, 0.15) is 42.0 Å². The molecule has 1 amide bonds. The van der Waals surface area contributed by atoms with E-state index in [2.05, 4.69) is 21.5 Å². The molecule has 1 atom stereocenters. The molecule has 0 unspecified atom stereocenters. The van der Waals surface area contributed by atoms with E-state index in [-0.39, 0.29) is 5.91 Å². The van der Waals surface area contributed by atoms with Crippen molar-refractivity contribution >= 4 is 16.8 Å². The van der Waals surface area contributed by atoms with Gasteiger partial charge in [0, 0.05) is 43.3 Å². The zero-order chi connectivity index (χ0) is 17.2. The predicted octanol–water partition coefficient (Wildman–Crippen LogP) is 3.47. The van der Waals surface area contributed by atoms with Gasteiger partial charge in [0.25, 0.3) is 5.91 Å². The van der Waals surface area contributed by atoms with Gasteiger partial charge in [0.15, 0.2) is 0 Å². The van der Waals surface area contributed by atoms with E-state index in [9.17, 15) is 4.79 Å². The van der Waals surface area contributed by atoms with E-state index in [0.29, 0.717) is 18.2 Å². The molecule has 1 saturated heterocycles. The molecule has 1 aromatic carbocycles. The van der Waals surface area contributed by atoms with E-state index in [0.717, 1.165) is 42.7 Å². The maximum Gasteiger partial charge on any atom is 0.272 e.